The van der Waals surface area contributed by atoms with Crippen LogP contribution in [0, 0.1) is 0 Å². The second kappa shape index (κ2) is 9.49. The van der Waals surface area contributed by atoms with E-state index >= 15 is 0 Å². The van der Waals surface area contributed by atoms with E-state index in [4.69, 9.17) is 5.73 Å². The van der Waals surface area contributed by atoms with E-state index in [0.29, 0.717) is 25.3 Å². The number of amides is 1. The molecule has 108 valence electrons. The Balaban J connectivity index is 2.13. The van der Waals surface area contributed by atoms with Gasteiger partial charge >= 0.3 is 0 Å². The lowest BCUT2D eigenvalue weighted by Crippen LogP contribution is -2.24. The van der Waals surface area contributed by atoms with Crippen LogP contribution in [-0.4, -0.2) is 34.0 Å². The van der Waals surface area contributed by atoms with Gasteiger partial charge < -0.3 is 11.1 Å². The summed E-state index contributed by atoms with van der Waals surface area (Å²) < 4.78 is 1.58. The van der Waals surface area contributed by atoms with Crippen molar-refractivity contribution in [3.63, 3.8) is 0 Å². The molecule has 0 unspecified atom stereocenters. The van der Waals surface area contributed by atoms with Gasteiger partial charge in [-0.15, -0.1) is 5.10 Å². The lowest BCUT2D eigenvalue weighted by molar-refractivity contribution is 0.0948. The molecule has 1 heterocycles. The Morgan fingerprint density at radius 2 is 2.05 bits per heavy atom. The standard InChI is InChI=1S/C13H25N5O/c1-2-3-4-5-6-7-9-15-13(19)12-11-18(10-8-14)17-16-12/h11H,2-10,14H2,1H3,(H,15,19). The van der Waals surface area contributed by atoms with Crippen molar-refractivity contribution in [2.75, 3.05) is 13.1 Å². The normalized spacial score (nSPS) is 10.6. The molecule has 0 saturated carbocycles. The van der Waals surface area contributed by atoms with Crippen LogP contribution in [-0.2, 0) is 6.54 Å². The van der Waals surface area contributed by atoms with Crippen LogP contribution in [0.3, 0.4) is 0 Å². The molecule has 0 spiro atoms. The van der Waals surface area contributed by atoms with Crippen LogP contribution >= 0.6 is 0 Å². The molecular formula is C13H25N5O. The van der Waals surface area contributed by atoms with Gasteiger partial charge in [0, 0.05) is 13.1 Å². The molecule has 0 aliphatic carbocycles. The fraction of sp³-hybridized carbons (Fsp3) is 0.769. The number of nitrogens with one attached hydrogen (secondary N) is 1. The first-order valence-corrected chi connectivity index (χ1v) is 7.16. The zero-order valence-corrected chi connectivity index (χ0v) is 11.8. The number of hydrogen-bond acceptors (Lipinski definition) is 4. The summed E-state index contributed by atoms with van der Waals surface area (Å²) in [4.78, 5) is 11.7. The highest BCUT2D eigenvalue weighted by Gasteiger charge is 2.09. The highest BCUT2D eigenvalue weighted by molar-refractivity contribution is 5.91. The molecule has 0 aliphatic rings. The van der Waals surface area contributed by atoms with Crippen LogP contribution in [0.25, 0.3) is 0 Å². The molecule has 1 aromatic rings. The lowest BCUT2D eigenvalue weighted by Gasteiger charge is -2.02. The van der Waals surface area contributed by atoms with Crippen LogP contribution in [0.5, 0.6) is 0 Å². The van der Waals surface area contributed by atoms with Crippen LogP contribution in [0.4, 0.5) is 0 Å². The fourth-order valence-corrected chi connectivity index (χ4v) is 1.84. The molecule has 6 nitrogen and oxygen atoms in total. The molecule has 0 aromatic carbocycles. The molecule has 19 heavy (non-hydrogen) atoms. The molecule has 1 amide bonds. The summed E-state index contributed by atoms with van der Waals surface area (Å²) in [5.41, 5.74) is 5.77. The van der Waals surface area contributed by atoms with E-state index in [2.05, 4.69) is 22.6 Å². The summed E-state index contributed by atoms with van der Waals surface area (Å²) in [6, 6.07) is 0. The molecule has 0 fully saturated rings. The van der Waals surface area contributed by atoms with E-state index in [1.54, 1.807) is 10.9 Å². The Kier molecular flexibility index (Phi) is 7.81. The summed E-state index contributed by atoms with van der Waals surface area (Å²) in [5, 5.41) is 10.5. The summed E-state index contributed by atoms with van der Waals surface area (Å²) in [6.07, 6.45) is 8.91. The lowest BCUT2D eigenvalue weighted by atomic mass is 10.1. The first-order valence-electron chi connectivity index (χ1n) is 7.16. The highest BCUT2D eigenvalue weighted by Crippen LogP contribution is 2.04. The third-order valence-corrected chi connectivity index (χ3v) is 2.95. The Bertz CT molecular complexity index is 364. The molecule has 1 rings (SSSR count). The molecule has 0 saturated heterocycles. The van der Waals surface area contributed by atoms with Gasteiger partial charge in [0.25, 0.3) is 5.91 Å². The number of nitrogens with zero attached hydrogens (tertiary/aromatic N) is 3. The average molecular weight is 267 g/mol. The number of unbranched alkanes of at least 4 members (excludes halogenated alkanes) is 5. The van der Waals surface area contributed by atoms with Crippen molar-refractivity contribution in [3.05, 3.63) is 11.9 Å². The fourth-order valence-electron chi connectivity index (χ4n) is 1.84. The van der Waals surface area contributed by atoms with E-state index in [1.807, 2.05) is 0 Å². The van der Waals surface area contributed by atoms with Crippen molar-refractivity contribution in [2.24, 2.45) is 5.73 Å². The van der Waals surface area contributed by atoms with Gasteiger partial charge in [-0.1, -0.05) is 44.2 Å². The monoisotopic (exact) mass is 267 g/mol. The van der Waals surface area contributed by atoms with Gasteiger partial charge in [-0.3, -0.25) is 9.48 Å². The Morgan fingerprint density at radius 1 is 1.32 bits per heavy atom. The second-order valence-corrected chi connectivity index (χ2v) is 4.68. The molecule has 6 heteroatoms. The molecule has 0 aliphatic heterocycles. The number of carbonyl (C=O) groups excluding carboxylic acids is 1. The van der Waals surface area contributed by atoms with Crippen molar-refractivity contribution in [2.45, 2.75) is 52.0 Å². The molecule has 0 atom stereocenters. The van der Waals surface area contributed by atoms with Gasteiger partial charge in [0.1, 0.15) is 0 Å². The number of carbonyl (C=O) groups is 1. The maximum Gasteiger partial charge on any atom is 0.273 e. The number of nitrogens with two attached hydrogens (primary N) is 1. The minimum atomic E-state index is -0.156. The smallest absolute Gasteiger partial charge is 0.273 e. The predicted molar refractivity (Wildman–Crippen MR) is 74.8 cm³/mol. The Hall–Kier alpha value is -1.43. The van der Waals surface area contributed by atoms with Crippen molar-refractivity contribution < 1.29 is 4.79 Å². The van der Waals surface area contributed by atoms with Gasteiger partial charge in [0.2, 0.25) is 0 Å². The van der Waals surface area contributed by atoms with Crippen LogP contribution < -0.4 is 11.1 Å². The second-order valence-electron chi connectivity index (χ2n) is 4.68. The first kappa shape index (κ1) is 15.6. The summed E-state index contributed by atoms with van der Waals surface area (Å²) >= 11 is 0. The largest absolute Gasteiger partial charge is 0.351 e. The third kappa shape index (κ3) is 6.33. The van der Waals surface area contributed by atoms with Crippen molar-refractivity contribution in [3.8, 4) is 0 Å². The van der Waals surface area contributed by atoms with Gasteiger partial charge in [-0.25, -0.2) is 0 Å². The van der Waals surface area contributed by atoms with Crippen molar-refractivity contribution >= 4 is 5.91 Å². The third-order valence-electron chi connectivity index (χ3n) is 2.95. The van der Waals surface area contributed by atoms with E-state index in [1.165, 1.54) is 32.1 Å². The minimum Gasteiger partial charge on any atom is -0.351 e. The predicted octanol–water partition coefficient (Wildman–Crippen LogP) is 1.33. The van der Waals surface area contributed by atoms with E-state index in [0.717, 1.165) is 6.42 Å². The van der Waals surface area contributed by atoms with Gasteiger partial charge in [0.15, 0.2) is 5.69 Å². The van der Waals surface area contributed by atoms with Crippen molar-refractivity contribution in [1.29, 1.82) is 0 Å². The van der Waals surface area contributed by atoms with Gasteiger partial charge in [0.05, 0.1) is 12.7 Å². The summed E-state index contributed by atoms with van der Waals surface area (Å²) in [5.74, 6) is -0.156. The zero-order valence-electron chi connectivity index (χ0n) is 11.8. The number of hydrogen-bond donors (Lipinski definition) is 2. The first-order chi connectivity index (χ1) is 9.27. The maximum atomic E-state index is 11.7. The number of rotatable bonds is 10. The quantitative estimate of drug-likeness (QED) is 0.626. The van der Waals surface area contributed by atoms with Crippen LogP contribution in [0.1, 0.15) is 55.9 Å². The minimum absolute atomic E-state index is 0.156. The Labute approximate surface area is 114 Å². The number of aromatic nitrogens is 3. The molecule has 0 radical (unpaired) electrons. The molecule has 1 aromatic heterocycles. The van der Waals surface area contributed by atoms with E-state index < -0.39 is 0 Å². The molecular weight excluding hydrogens is 242 g/mol. The highest BCUT2D eigenvalue weighted by atomic mass is 16.2. The van der Waals surface area contributed by atoms with Crippen LogP contribution in [0.15, 0.2) is 6.20 Å². The zero-order chi connectivity index (χ0) is 13.9. The van der Waals surface area contributed by atoms with Crippen molar-refractivity contribution in [1.82, 2.24) is 20.3 Å². The van der Waals surface area contributed by atoms with E-state index in [-0.39, 0.29) is 5.91 Å². The SMILES string of the molecule is CCCCCCCCNC(=O)c1cn(CCN)nn1. The van der Waals surface area contributed by atoms with Gasteiger partial charge in [-0.05, 0) is 6.42 Å². The molecule has 0 bridgehead atoms. The molecule has 3 N–H and O–H groups in total. The summed E-state index contributed by atoms with van der Waals surface area (Å²) in [6.45, 7) is 3.98. The maximum absolute atomic E-state index is 11.7. The van der Waals surface area contributed by atoms with Gasteiger partial charge in [-0.2, -0.15) is 0 Å². The topological polar surface area (TPSA) is 85.8 Å². The van der Waals surface area contributed by atoms with E-state index in [9.17, 15) is 4.79 Å². The average Bonchev–Trinajstić information content (AvgIpc) is 2.87. The van der Waals surface area contributed by atoms with Crippen LogP contribution in [0.2, 0.25) is 0 Å². The summed E-state index contributed by atoms with van der Waals surface area (Å²) in [7, 11) is 0. The Morgan fingerprint density at radius 3 is 2.79 bits per heavy atom.